The van der Waals surface area contributed by atoms with Crippen molar-refractivity contribution < 1.29 is 19.1 Å². The Labute approximate surface area is 137 Å². The minimum atomic E-state index is -0.823. The van der Waals surface area contributed by atoms with E-state index >= 15 is 0 Å². The molecule has 0 heterocycles. The van der Waals surface area contributed by atoms with Crippen LogP contribution in [0, 0.1) is 5.92 Å². The molecule has 126 valence electrons. The molecular weight excluding hydrogens is 294 g/mol. The molecular formula is C18H25NO4. The number of para-hydroxylation sites is 2. The maximum Gasteiger partial charge on any atom is 0.306 e. The fourth-order valence-corrected chi connectivity index (χ4v) is 2.91. The molecule has 1 saturated carbocycles. The van der Waals surface area contributed by atoms with Crippen molar-refractivity contribution in [1.29, 1.82) is 0 Å². The third kappa shape index (κ3) is 5.27. The van der Waals surface area contributed by atoms with Crippen molar-refractivity contribution in [3.63, 3.8) is 0 Å². The van der Waals surface area contributed by atoms with Crippen molar-refractivity contribution in [3.8, 4) is 5.75 Å². The fourth-order valence-electron chi connectivity index (χ4n) is 2.91. The molecule has 1 aromatic rings. The third-order valence-corrected chi connectivity index (χ3v) is 4.22. The summed E-state index contributed by atoms with van der Waals surface area (Å²) in [4.78, 5) is 24.1. The van der Waals surface area contributed by atoms with E-state index in [-0.39, 0.29) is 11.9 Å². The van der Waals surface area contributed by atoms with E-state index in [1.807, 2.05) is 6.07 Å². The number of rotatable bonds is 6. The van der Waals surface area contributed by atoms with Crippen molar-refractivity contribution in [2.24, 2.45) is 5.92 Å². The fraction of sp³-hybridized carbons (Fsp3) is 0.556. The summed E-state index contributed by atoms with van der Waals surface area (Å²) < 4.78 is 10.5. The summed E-state index contributed by atoms with van der Waals surface area (Å²) in [5.74, 6) is 0.327. The molecule has 1 aromatic carbocycles. The highest BCUT2D eigenvalue weighted by Gasteiger charge is 2.22. The number of hydrogen-bond donors (Lipinski definition) is 1. The predicted molar refractivity (Wildman–Crippen MR) is 88.4 cm³/mol. The van der Waals surface area contributed by atoms with Gasteiger partial charge in [0.1, 0.15) is 5.75 Å². The molecule has 0 saturated heterocycles. The number of nitrogens with one attached hydrogen (secondary N) is 1. The molecule has 1 N–H and O–H groups in total. The van der Waals surface area contributed by atoms with Gasteiger partial charge < -0.3 is 14.8 Å². The first-order valence-electron chi connectivity index (χ1n) is 8.23. The lowest BCUT2D eigenvalue weighted by Crippen LogP contribution is -2.30. The minimum absolute atomic E-state index is 0.292. The van der Waals surface area contributed by atoms with E-state index in [0.717, 1.165) is 12.8 Å². The smallest absolute Gasteiger partial charge is 0.306 e. The average Bonchev–Trinajstić information content (AvgIpc) is 2.56. The van der Waals surface area contributed by atoms with Crippen LogP contribution in [0.2, 0.25) is 0 Å². The van der Waals surface area contributed by atoms with Gasteiger partial charge in [-0.05, 0) is 37.8 Å². The molecule has 2 rings (SSSR count). The highest BCUT2D eigenvalue weighted by atomic mass is 16.5. The summed E-state index contributed by atoms with van der Waals surface area (Å²) in [7, 11) is 1.54. The molecule has 5 nitrogen and oxygen atoms in total. The second-order valence-electron chi connectivity index (χ2n) is 6.03. The summed E-state index contributed by atoms with van der Waals surface area (Å²) in [6.45, 7) is 1.59. The second-order valence-corrected chi connectivity index (χ2v) is 6.03. The summed E-state index contributed by atoms with van der Waals surface area (Å²) in [6, 6.07) is 7.13. The number of benzene rings is 1. The van der Waals surface area contributed by atoms with Gasteiger partial charge >= 0.3 is 5.97 Å². The zero-order valence-corrected chi connectivity index (χ0v) is 13.8. The van der Waals surface area contributed by atoms with Gasteiger partial charge in [-0.15, -0.1) is 0 Å². The lowest BCUT2D eigenvalue weighted by atomic mass is 9.87. The molecule has 1 aliphatic carbocycles. The summed E-state index contributed by atoms with van der Waals surface area (Å²) >= 11 is 0. The number of amides is 1. The van der Waals surface area contributed by atoms with Gasteiger partial charge in [0.05, 0.1) is 12.8 Å². The first-order chi connectivity index (χ1) is 11.1. The highest BCUT2D eigenvalue weighted by molar-refractivity contribution is 5.96. The second kappa shape index (κ2) is 8.56. The SMILES string of the molecule is COc1ccccc1NC(=O)[C@@H](C)OC(=O)CC1CCCCC1. The quantitative estimate of drug-likeness (QED) is 0.815. The Morgan fingerprint density at radius 3 is 2.61 bits per heavy atom. The standard InChI is InChI=1S/C18H25NO4/c1-13(23-17(20)12-14-8-4-3-5-9-14)18(21)19-15-10-6-7-11-16(15)22-2/h6-7,10-11,13-14H,3-5,8-9,12H2,1-2H3,(H,19,21)/t13-/m1/s1. The molecule has 1 atom stereocenters. The molecule has 23 heavy (non-hydrogen) atoms. The Hall–Kier alpha value is -2.04. The molecule has 0 bridgehead atoms. The van der Waals surface area contributed by atoms with Gasteiger partial charge in [-0.1, -0.05) is 31.4 Å². The molecule has 0 unspecified atom stereocenters. The number of ether oxygens (including phenoxy) is 2. The number of methoxy groups -OCH3 is 1. The van der Waals surface area contributed by atoms with Gasteiger partial charge in [-0.2, -0.15) is 0 Å². The molecule has 0 aromatic heterocycles. The molecule has 1 aliphatic rings. The van der Waals surface area contributed by atoms with Gasteiger partial charge in [0.25, 0.3) is 5.91 Å². The van der Waals surface area contributed by atoms with Crippen molar-refractivity contribution in [2.45, 2.75) is 51.6 Å². The summed E-state index contributed by atoms with van der Waals surface area (Å²) in [6.07, 6.45) is 5.36. The van der Waals surface area contributed by atoms with Gasteiger partial charge in [-0.25, -0.2) is 0 Å². The van der Waals surface area contributed by atoms with Crippen molar-refractivity contribution in [3.05, 3.63) is 24.3 Å². The van der Waals surface area contributed by atoms with E-state index in [1.54, 1.807) is 32.2 Å². The van der Waals surface area contributed by atoms with Gasteiger partial charge in [0.2, 0.25) is 0 Å². The molecule has 1 fully saturated rings. The number of hydrogen-bond acceptors (Lipinski definition) is 4. The van der Waals surface area contributed by atoms with Crippen LogP contribution >= 0.6 is 0 Å². The van der Waals surface area contributed by atoms with Crippen molar-refractivity contribution in [1.82, 2.24) is 0 Å². The summed E-state index contributed by atoms with van der Waals surface area (Å²) in [5, 5.41) is 2.73. The lowest BCUT2D eigenvalue weighted by Gasteiger charge is -2.21. The maximum atomic E-state index is 12.2. The van der Waals surface area contributed by atoms with E-state index in [2.05, 4.69) is 5.32 Å². The monoisotopic (exact) mass is 319 g/mol. The zero-order chi connectivity index (χ0) is 16.7. The van der Waals surface area contributed by atoms with Crippen LogP contribution in [0.15, 0.2) is 24.3 Å². The average molecular weight is 319 g/mol. The van der Waals surface area contributed by atoms with Crippen LogP contribution in [-0.2, 0) is 14.3 Å². The first kappa shape index (κ1) is 17.3. The van der Waals surface area contributed by atoms with Crippen LogP contribution in [0.25, 0.3) is 0 Å². The number of anilines is 1. The Morgan fingerprint density at radius 2 is 1.91 bits per heavy atom. The Kier molecular flexibility index (Phi) is 6.44. The van der Waals surface area contributed by atoms with Crippen LogP contribution in [-0.4, -0.2) is 25.1 Å². The number of carbonyl (C=O) groups excluding carboxylic acids is 2. The van der Waals surface area contributed by atoms with E-state index in [1.165, 1.54) is 19.3 Å². The number of esters is 1. The molecule has 0 radical (unpaired) electrons. The van der Waals surface area contributed by atoms with E-state index in [9.17, 15) is 9.59 Å². The Morgan fingerprint density at radius 1 is 1.22 bits per heavy atom. The summed E-state index contributed by atoms with van der Waals surface area (Å²) in [5.41, 5.74) is 0.565. The lowest BCUT2D eigenvalue weighted by molar-refractivity contribution is -0.154. The molecule has 0 spiro atoms. The largest absolute Gasteiger partial charge is 0.495 e. The van der Waals surface area contributed by atoms with E-state index in [4.69, 9.17) is 9.47 Å². The van der Waals surface area contributed by atoms with E-state index in [0.29, 0.717) is 23.8 Å². The minimum Gasteiger partial charge on any atom is -0.495 e. The number of carbonyl (C=O) groups is 2. The van der Waals surface area contributed by atoms with Gasteiger partial charge in [0.15, 0.2) is 6.10 Å². The topological polar surface area (TPSA) is 64.6 Å². The van der Waals surface area contributed by atoms with Gasteiger partial charge in [-0.3, -0.25) is 9.59 Å². The van der Waals surface area contributed by atoms with Crippen molar-refractivity contribution >= 4 is 17.6 Å². The third-order valence-electron chi connectivity index (χ3n) is 4.22. The zero-order valence-electron chi connectivity index (χ0n) is 13.8. The predicted octanol–water partition coefficient (Wildman–Crippen LogP) is 3.54. The van der Waals surface area contributed by atoms with Crippen LogP contribution < -0.4 is 10.1 Å². The van der Waals surface area contributed by atoms with Crippen LogP contribution in [0.3, 0.4) is 0 Å². The maximum absolute atomic E-state index is 12.2. The van der Waals surface area contributed by atoms with Crippen LogP contribution in [0.5, 0.6) is 5.75 Å². The molecule has 0 aliphatic heterocycles. The Balaban J connectivity index is 1.83. The normalized spacial score (nSPS) is 16.4. The van der Waals surface area contributed by atoms with Crippen LogP contribution in [0.4, 0.5) is 5.69 Å². The molecule has 5 heteroatoms. The van der Waals surface area contributed by atoms with Crippen LogP contribution in [0.1, 0.15) is 45.4 Å². The van der Waals surface area contributed by atoms with Gasteiger partial charge in [0, 0.05) is 6.42 Å². The van der Waals surface area contributed by atoms with E-state index < -0.39 is 6.10 Å². The Bertz CT molecular complexity index is 538. The first-order valence-corrected chi connectivity index (χ1v) is 8.23. The van der Waals surface area contributed by atoms with Crippen molar-refractivity contribution in [2.75, 3.05) is 12.4 Å². The molecule has 1 amide bonds. The highest BCUT2D eigenvalue weighted by Crippen LogP contribution is 2.27.